The second-order valence-corrected chi connectivity index (χ2v) is 6.41. The van der Waals surface area contributed by atoms with Crippen molar-refractivity contribution < 1.29 is 0 Å². The first-order chi connectivity index (χ1) is 12.2. The van der Waals surface area contributed by atoms with Crippen molar-refractivity contribution in [3.05, 3.63) is 41.9 Å². The number of hydrogen-bond acceptors (Lipinski definition) is 7. The molecule has 1 aliphatic rings. The van der Waals surface area contributed by atoms with E-state index in [0.29, 0.717) is 11.9 Å². The Bertz CT molecular complexity index is 870. The minimum atomic E-state index is 0.245. The predicted octanol–water partition coefficient (Wildman–Crippen LogP) is 1.56. The molecule has 128 valence electrons. The average Bonchev–Trinajstić information content (AvgIpc) is 3.25. The van der Waals surface area contributed by atoms with E-state index >= 15 is 0 Å². The van der Waals surface area contributed by atoms with Gasteiger partial charge in [0.15, 0.2) is 0 Å². The fraction of sp³-hybridized carbons (Fsp3) is 0.353. The number of aryl methyl sites for hydroxylation is 2. The van der Waals surface area contributed by atoms with Gasteiger partial charge in [-0.2, -0.15) is 0 Å². The van der Waals surface area contributed by atoms with Crippen LogP contribution in [0.5, 0.6) is 0 Å². The molecule has 25 heavy (non-hydrogen) atoms. The Morgan fingerprint density at radius 1 is 1.00 bits per heavy atom. The molecule has 5 N–H and O–H groups in total. The molecule has 0 saturated heterocycles. The maximum absolute atomic E-state index is 5.85. The molecule has 0 aliphatic heterocycles. The Morgan fingerprint density at radius 2 is 1.80 bits per heavy atom. The lowest BCUT2D eigenvalue weighted by Crippen LogP contribution is -2.07. The standard InChI is InChI=1S/C17H20N8/c18-16-22-8-13(14(24-16)5-10-1-2-10)15-11(6-21-17(19)25-15)3-4-12-7-20-9-23-12/h6-10H,1-5H2,(H,20,23)(H2,18,22,24)(H2,19,21,25). The molecule has 3 aromatic rings. The lowest BCUT2D eigenvalue weighted by atomic mass is 10.0. The van der Waals surface area contributed by atoms with Crippen LogP contribution in [0.3, 0.4) is 0 Å². The van der Waals surface area contributed by atoms with E-state index in [-0.39, 0.29) is 5.95 Å². The Hall–Kier alpha value is -3.03. The summed E-state index contributed by atoms with van der Waals surface area (Å²) in [4.78, 5) is 24.4. The van der Waals surface area contributed by atoms with Crippen LogP contribution in [-0.2, 0) is 19.3 Å². The molecule has 0 atom stereocenters. The molecular weight excluding hydrogens is 316 g/mol. The summed E-state index contributed by atoms with van der Waals surface area (Å²) in [5, 5.41) is 0. The van der Waals surface area contributed by atoms with Crippen LogP contribution < -0.4 is 11.5 Å². The first kappa shape index (κ1) is 15.5. The molecule has 1 fully saturated rings. The number of hydrogen-bond donors (Lipinski definition) is 3. The Balaban J connectivity index is 1.70. The molecule has 3 heterocycles. The number of nitrogens with one attached hydrogen (secondary N) is 1. The van der Waals surface area contributed by atoms with Gasteiger partial charge in [0.25, 0.3) is 0 Å². The highest BCUT2D eigenvalue weighted by Crippen LogP contribution is 2.35. The molecular formula is C17H20N8. The van der Waals surface area contributed by atoms with Gasteiger partial charge in [-0.15, -0.1) is 0 Å². The van der Waals surface area contributed by atoms with Crippen molar-refractivity contribution in [2.75, 3.05) is 11.5 Å². The number of imidazole rings is 1. The second kappa shape index (κ2) is 6.46. The average molecular weight is 336 g/mol. The van der Waals surface area contributed by atoms with E-state index in [1.54, 1.807) is 18.7 Å². The van der Waals surface area contributed by atoms with E-state index in [1.165, 1.54) is 12.8 Å². The number of rotatable bonds is 6. The van der Waals surface area contributed by atoms with E-state index in [9.17, 15) is 0 Å². The number of nitrogens with zero attached hydrogens (tertiary/aromatic N) is 5. The first-order valence-electron chi connectivity index (χ1n) is 8.39. The Kier molecular flexibility index (Phi) is 4.01. The van der Waals surface area contributed by atoms with Gasteiger partial charge in [0.2, 0.25) is 11.9 Å². The third kappa shape index (κ3) is 3.57. The summed E-state index contributed by atoms with van der Waals surface area (Å²) < 4.78 is 0. The summed E-state index contributed by atoms with van der Waals surface area (Å²) in [5.41, 5.74) is 16.4. The summed E-state index contributed by atoms with van der Waals surface area (Å²) in [6.07, 6.45) is 12.0. The van der Waals surface area contributed by atoms with Crippen LogP contribution in [0, 0.1) is 5.92 Å². The van der Waals surface area contributed by atoms with Gasteiger partial charge in [-0.1, -0.05) is 0 Å². The van der Waals surface area contributed by atoms with Crippen molar-refractivity contribution in [1.29, 1.82) is 0 Å². The summed E-state index contributed by atoms with van der Waals surface area (Å²) in [5.74, 6) is 1.22. The first-order valence-corrected chi connectivity index (χ1v) is 8.39. The zero-order valence-electron chi connectivity index (χ0n) is 13.8. The van der Waals surface area contributed by atoms with Gasteiger partial charge in [-0.3, -0.25) is 0 Å². The lowest BCUT2D eigenvalue weighted by molar-refractivity contribution is 0.801. The van der Waals surface area contributed by atoms with Crippen LogP contribution in [0.2, 0.25) is 0 Å². The van der Waals surface area contributed by atoms with Crippen LogP contribution in [-0.4, -0.2) is 29.9 Å². The smallest absolute Gasteiger partial charge is 0.220 e. The number of nitrogens with two attached hydrogens (primary N) is 2. The van der Waals surface area contributed by atoms with Crippen LogP contribution in [0.25, 0.3) is 11.3 Å². The quantitative estimate of drug-likeness (QED) is 0.622. The molecule has 0 radical (unpaired) electrons. The highest BCUT2D eigenvalue weighted by molar-refractivity contribution is 5.66. The molecule has 0 spiro atoms. The zero-order chi connectivity index (χ0) is 17.2. The molecule has 0 unspecified atom stereocenters. The maximum atomic E-state index is 5.85. The highest BCUT2D eigenvalue weighted by atomic mass is 15.0. The fourth-order valence-corrected chi connectivity index (χ4v) is 2.91. The number of anilines is 2. The molecule has 3 aromatic heterocycles. The number of H-pyrrole nitrogens is 1. The summed E-state index contributed by atoms with van der Waals surface area (Å²) in [6, 6.07) is 0. The molecule has 1 saturated carbocycles. The maximum Gasteiger partial charge on any atom is 0.220 e. The van der Waals surface area contributed by atoms with Crippen molar-refractivity contribution in [2.45, 2.75) is 32.1 Å². The van der Waals surface area contributed by atoms with Gasteiger partial charge >= 0.3 is 0 Å². The van der Waals surface area contributed by atoms with E-state index in [4.69, 9.17) is 11.5 Å². The van der Waals surface area contributed by atoms with E-state index in [1.807, 2.05) is 6.20 Å². The number of nitrogen functional groups attached to an aromatic ring is 2. The molecule has 0 aromatic carbocycles. The van der Waals surface area contributed by atoms with Gasteiger partial charge in [0.05, 0.1) is 17.7 Å². The molecule has 0 bridgehead atoms. The van der Waals surface area contributed by atoms with Crippen LogP contribution >= 0.6 is 0 Å². The number of aromatic amines is 1. The van der Waals surface area contributed by atoms with Gasteiger partial charge in [-0.05, 0) is 43.6 Å². The predicted molar refractivity (Wildman–Crippen MR) is 94.3 cm³/mol. The van der Waals surface area contributed by atoms with Gasteiger partial charge < -0.3 is 16.5 Å². The second-order valence-electron chi connectivity index (χ2n) is 6.41. The van der Waals surface area contributed by atoms with Crippen LogP contribution in [0.4, 0.5) is 11.9 Å². The van der Waals surface area contributed by atoms with E-state index in [0.717, 1.165) is 47.5 Å². The molecule has 0 amide bonds. The molecule has 4 rings (SSSR count). The van der Waals surface area contributed by atoms with Gasteiger partial charge in [0, 0.05) is 29.8 Å². The monoisotopic (exact) mass is 336 g/mol. The SMILES string of the molecule is Nc1ncc(-c2nc(N)ncc2CCc2cnc[nH]2)c(CC2CC2)n1. The van der Waals surface area contributed by atoms with Gasteiger partial charge in [-0.25, -0.2) is 24.9 Å². The van der Waals surface area contributed by atoms with Crippen molar-refractivity contribution in [2.24, 2.45) is 5.92 Å². The van der Waals surface area contributed by atoms with Crippen molar-refractivity contribution in [1.82, 2.24) is 29.9 Å². The van der Waals surface area contributed by atoms with E-state index in [2.05, 4.69) is 29.9 Å². The zero-order valence-corrected chi connectivity index (χ0v) is 13.8. The third-order valence-electron chi connectivity index (χ3n) is 4.42. The minimum absolute atomic E-state index is 0.245. The molecule has 8 nitrogen and oxygen atoms in total. The Labute approximate surface area is 145 Å². The lowest BCUT2D eigenvalue weighted by Gasteiger charge is -2.12. The minimum Gasteiger partial charge on any atom is -0.368 e. The summed E-state index contributed by atoms with van der Waals surface area (Å²) in [7, 11) is 0. The molecule has 1 aliphatic carbocycles. The summed E-state index contributed by atoms with van der Waals surface area (Å²) >= 11 is 0. The summed E-state index contributed by atoms with van der Waals surface area (Å²) in [6.45, 7) is 0. The fourth-order valence-electron chi connectivity index (χ4n) is 2.91. The van der Waals surface area contributed by atoms with E-state index < -0.39 is 0 Å². The van der Waals surface area contributed by atoms with Crippen LogP contribution in [0.15, 0.2) is 24.9 Å². The Morgan fingerprint density at radius 3 is 2.56 bits per heavy atom. The highest BCUT2D eigenvalue weighted by Gasteiger charge is 2.25. The van der Waals surface area contributed by atoms with Crippen molar-refractivity contribution in [3.63, 3.8) is 0 Å². The normalized spacial score (nSPS) is 13.9. The number of aromatic nitrogens is 6. The van der Waals surface area contributed by atoms with Gasteiger partial charge in [0.1, 0.15) is 0 Å². The van der Waals surface area contributed by atoms with Crippen molar-refractivity contribution in [3.8, 4) is 11.3 Å². The molecule has 8 heteroatoms. The third-order valence-corrected chi connectivity index (χ3v) is 4.42. The van der Waals surface area contributed by atoms with Crippen molar-refractivity contribution >= 4 is 11.9 Å². The topological polar surface area (TPSA) is 132 Å². The largest absolute Gasteiger partial charge is 0.368 e. The van der Waals surface area contributed by atoms with Crippen LogP contribution in [0.1, 0.15) is 29.8 Å².